The highest BCUT2D eigenvalue weighted by atomic mass is 16.6. The van der Waals surface area contributed by atoms with Crippen LogP contribution in [0, 0.1) is 0 Å². The van der Waals surface area contributed by atoms with Gasteiger partial charge in [0.15, 0.2) is 5.82 Å². The molecule has 1 unspecified atom stereocenters. The van der Waals surface area contributed by atoms with E-state index in [1.54, 1.807) is 12.4 Å². The van der Waals surface area contributed by atoms with Crippen molar-refractivity contribution in [2.75, 3.05) is 18.0 Å². The summed E-state index contributed by atoms with van der Waals surface area (Å²) in [4.78, 5) is 29.8. The molecule has 0 bridgehead atoms. The fourth-order valence-electron chi connectivity index (χ4n) is 2.60. The molecule has 0 saturated carbocycles. The van der Waals surface area contributed by atoms with Crippen LogP contribution in [0.25, 0.3) is 5.65 Å². The second-order valence-electron chi connectivity index (χ2n) is 6.55. The van der Waals surface area contributed by atoms with Crippen molar-refractivity contribution in [1.82, 2.24) is 24.9 Å². The van der Waals surface area contributed by atoms with E-state index in [1.165, 1.54) is 4.40 Å². The van der Waals surface area contributed by atoms with Gasteiger partial charge in [0.25, 0.3) is 0 Å². The number of hydrogen-bond donors (Lipinski definition) is 2. The average molecular weight is 320 g/mol. The van der Waals surface area contributed by atoms with E-state index in [9.17, 15) is 9.59 Å². The molecule has 1 amide bonds. The number of alkyl carbamates (subject to hydrolysis) is 1. The Hall–Kier alpha value is -2.58. The minimum absolute atomic E-state index is 0.0300. The van der Waals surface area contributed by atoms with E-state index >= 15 is 0 Å². The molecule has 1 aliphatic rings. The minimum atomic E-state index is -0.522. The first-order valence-corrected chi connectivity index (χ1v) is 7.50. The third-order valence-corrected chi connectivity index (χ3v) is 3.53. The molecule has 0 radical (unpaired) electrons. The molecule has 3 heterocycles. The Kier molecular flexibility index (Phi) is 3.70. The summed E-state index contributed by atoms with van der Waals surface area (Å²) in [6.07, 6.45) is 3.48. The molecule has 2 aromatic rings. The van der Waals surface area contributed by atoms with Crippen LogP contribution in [0.1, 0.15) is 27.2 Å². The summed E-state index contributed by atoms with van der Waals surface area (Å²) in [7, 11) is 0. The molecule has 0 aliphatic carbocycles. The lowest BCUT2D eigenvalue weighted by Crippen LogP contribution is -2.40. The number of nitrogens with one attached hydrogen (secondary N) is 2. The monoisotopic (exact) mass is 320 g/mol. The molecule has 124 valence electrons. The van der Waals surface area contributed by atoms with E-state index < -0.39 is 11.7 Å². The first-order valence-electron chi connectivity index (χ1n) is 7.50. The Morgan fingerprint density at radius 2 is 2.26 bits per heavy atom. The lowest BCUT2D eigenvalue weighted by Gasteiger charge is -2.22. The Bertz CT molecular complexity index is 775. The van der Waals surface area contributed by atoms with Crippen LogP contribution < -0.4 is 15.9 Å². The number of rotatable bonds is 2. The molecule has 3 rings (SSSR count). The number of anilines is 1. The van der Waals surface area contributed by atoms with Crippen molar-refractivity contribution in [2.45, 2.75) is 38.8 Å². The zero-order valence-electron chi connectivity index (χ0n) is 13.4. The highest BCUT2D eigenvalue weighted by Gasteiger charge is 2.28. The number of carbonyl (C=O) groups excluding carboxylic acids is 1. The van der Waals surface area contributed by atoms with Crippen LogP contribution in [0.4, 0.5) is 10.6 Å². The number of H-pyrrole nitrogens is 1. The third-order valence-electron chi connectivity index (χ3n) is 3.53. The van der Waals surface area contributed by atoms with Gasteiger partial charge in [0.1, 0.15) is 5.60 Å². The fourth-order valence-corrected chi connectivity index (χ4v) is 2.60. The number of carbonyl (C=O) groups is 1. The molecule has 9 nitrogen and oxygen atoms in total. The maximum absolute atomic E-state index is 11.8. The van der Waals surface area contributed by atoms with Crippen molar-refractivity contribution in [1.29, 1.82) is 0 Å². The summed E-state index contributed by atoms with van der Waals surface area (Å²) in [5.41, 5.74) is -0.340. The van der Waals surface area contributed by atoms with E-state index in [0.717, 1.165) is 6.42 Å². The summed E-state index contributed by atoms with van der Waals surface area (Å²) in [5.74, 6) is 0.624. The van der Waals surface area contributed by atoms with Gasteiger partial charge in [-0.25, -0.2) is 24.1 Å². The first kappa shape index (κ1) is 15.3. The molecule has 2 N–H and O–H groups in total. The van der Waals surface area contributed by atoms with E-state index in [4.69, 9.17) is 4.74 Å². The highest BCUT2D eigenvalue weighted by Crippen LogP contribution is 2.21. The number of ether oxygens (including phenoxy) is 1. The second kappa shape index (κ2) is 5.56. The van der Waals surface area contributed by atoms with Gasteiger partial charge < -0.3 is 15.0 Å². The Morgan fingerprint density at radius 1 is 1.48 bits per heavy atom. The summed E-state index contributed by atoms with van der Waals surface area (Å²) < 4.78 is 6.68. The SMILES string of the molecule is CC(C)(C)OC(=O)NC1CCN(c2nccn3c(=O)[nH]nc23)C1. The van der Waals surface area contributed by atoms with Gasteiger partial charge in [-0.3, -0.25) is 0 Å². The highest BCUT2D eigenvalue weighted by molar-refractivity contribution is 5.69. The predicted octanol–water partition coefficient (Wildman–Crippen LogP) is 0.521. The number of hydrogen-bond acceptors (Lipinski definition) is 6. The first-order chi connectivity index (χ1) is 10.8. The standard InChI is InChI=1S/C14H20N6O3/c1-14(2,3)23-13(22)16-9-4-6-19(8-9)10-11-17-18-12(21)20(11)7-5-15-10/h5,7,9H,4,6,8H2,1-3H3,(H,16,22)(H,18,21). The van der Waals surface area contributed by atoms with Crippen molar-refractivity contribution in [3.8, 4) is 0 Å². The molecule has 23 heavy (non-hydrogen) atoms. The zero-order chi connectivity index (χ0) is 16.6. The van der Waals surface area contributed by atoms with E-state index in [-0.39, 0.29) is 11.7 Å². The van der Waals surface area contributed by atoms with Crippen LogP contribution in [0.15, 0.2) is 17.2 Å². The van der Waals surface area contributed by atoms with E-state index in [0.29, 0.717) is 24.6 Å². The predicted molar refractivity (Wildman–Crippen MR) is 83.6 cm³/mol. The van der Waals surface area contributed by atoms with Crippen LogP contribution in [0.2, 0.25) is 0 Å². The molecule has 2 aromatic heterocycles. The third kappa shape index (κ3) is 3.27. The van der Waals surface area contributed by atoms with Crippen LogP contribution in [-0.4, -0.2) is 50.4 Å². The Balaban J connectivity index is 1.70. The van der Waals surface area contributed by atoms with Gasteiger partial charge in [-0.1, -0.05) is 0 Å². The lowest BCUT2D eigenvalue weighted by atomic mass is 10.2. The summed E-state index contributed by atoms with van der Waals surface area (Å²) in [6.45, 7) is 6.79. The fraction of sp³-hybridized carbons (Fsp3) is 0.571. The molecule has 1 atom stereocenters. The van der Waals surface area contributed by atoms with Gasteiger partial charge in [-0.2, -0.15) is 0 Å². The number of amides is 1. The quantitative estimate of drug-likeness (QED) is 0.836. The topological polar surface area (TPSA) is 105 Å². The lowest BCUT2D eigenvalue weighted by molar-refractivity contribution is 0.0509. The molecule has 1 aliphatic heterocycles. The van der Waals surface area contributed by atoms with Crippen LogP contribution in [0.5, 0.6) is 0 Å². The van der Waals surface area contributed by atoms with Gasteiger partial charge in [0, 0.05) is 25.5 Å². The minimum Gasteiger partial charge on any atom is -0.444 e. The molecule has 0 aromatic carbocycles. The Labute approximate surface area is 132 Å². The van der Waals surface area contributed by atoms with Crippen LogP contribution >= 0.6 is 0 Å². The molecule has 1 saturated heterocycles. The maximum atomic E-state index is 11.8. The molecule has 9 heteroatoms. The maximum Gasteiger partial charge on any atom is 0.407 e. The average Bonchev–Trinajstić information content (AvgIpc) is 3.04. The summed E-state index contributed by atoms with van der Waals surface area (Å²) >= 11 is 0. The smallest absolute Gasteiger partial charge is 0.407 e. The van der Waals surface area contributed by atoms with Crippen molar-refractivity contribution in [2.24, 2.45) is 0 Å². The zero-order valence-corrected chi connectivity index (χ0v) is 13.4. The number of nitrogens with zero attached hydrogens (tertiary/aromatic N) is 4. The van der Waals surface area contributed by atoms with Crippen molar-refractivity contribution in [3.05, 3.63) is 22.9 Å². The number of aromatic amines is 1. The van der Waals surface area contributed by atoms with E-state index in [2.05, 4.69) is 20.5 Å². The number of aromatic nitrogens is 4. The van der Waals surface area contributed by atoms with Gasteiger partial charge in [-0.05, 0) is 27.2 Å². The molecular formula is C14H20N6O3. The van der Waals surface area contributed by atoms with Crippen molar-refractivity contribution in [3.63, 3.8) is 0 Å². The van der Waals surface area contributed by atoms with Gasteiger partial charge >= 0.3 is 11.8 Å². The Morgan fingerprint density at radius 3 is 3.00 bits per heavy atom. The van der Waals surface area contributed by atoms with Gasteiger partial charge in [-0.15, -0.1) is 5.10 Å². The van der Waals surface area contributed by atoms with Crippen molar-refractivity contribution < 1.29 is 9.53 Å². The second-order valence-corrected chi connectivity index (χ2v) is 6.55. The van der Waals surface area contributed by atoms with Gasteiger partial charge in [0.05, 0.1) is 6.04 Å². The van der Waals surface area contributed by atoms with E-state index in [1.807, 2.05) is 25.7 Å². The van der Waals surface area contributed by atoms with Crippen molar-refractivity contribution >= 4 is 17.6 Å². The molecular weight excluding hydrogens is 300 g/mol. The molecule has 0 spiro atoms. The summed E-state index contributed by atoms with van der Waals surface area (Å²) in [6, 6.07) is -0.0300. The normalized spacial score (nSPS) is 18.4. The molecule has 1 fully saturated rings. The number of fused-ring (bicyclic) bond motifs is 1. The van der Waals surface area contributed by atoms with Gasteiger partial charge in [0.2, 0.25) is 5.65 Å². The largest absolute Gasteiger partial charge is 0.444 e. The van der Waals surface area contributed by atoms with Crippen LogP contribution in [0.3, 0.4) is 0 Å². The summed E-state index contributed by atoms with van der Waals surface area (Å²) in [5, 5.41) is 9.28. The van der Waals surface area contributed by atoms with Crippen LogP contribution in [-0.2, 0) is 4.74 Å².